The first-order valence-corrected chi connectivity index (χ1v) is 11.5. The van der Waals surface area contributed by atoms with Gasteiger partial charge in [0.05, 0.1) is 18.6 Å². The van der Waals surface area contributed by atoms with Gasteiger partial charge in [-0.05, 0) is 75.2 Å². The smallest absolute Gasteiger partial charge is 0.330 e. The molecule has 3 saturated carbocycles. The van der Waals surface area contributed by atoms with Crippen LogP contribution in [0.25, 0.3) is 0 Å². The Hall–Kier alpha value is -1.40. The highest BCUT2D eigenvalue weighted by molar-refractivity contribution is 5.83. The third-order valence-electron chi connectivity index (χ3n) is 8.67. The molecule has 0 radical (unpaired) electrons. The van der Waals surface area contributed by atoms with Crippen LogP contribution in [-0.2, 0) is 19.1 Å². The maximum absolute atomic E-state index is 12.7. The van der Waals surface area contributed by atoms with Crippen LogP contribution in [0.3, 0.4) is 0 Å². The summed E-state index contributed by atoms with van der Waals surface area (Å²) >= 11 is 0. The summed E-state index contributed by atoms with van der Waals surface area (Å²) in [6, 6.07) is 0. The van der Waals surface area contributed by atoms with E-state index in [-0.39, 0.29) is 35.1 Å². The normalized spacial score (nSPS) is 42.2. The van der Waals surface area contributed by atoms with Crippen LogP contribution in [0.5, 0.6) is 0 Å². The molecule has 3 aliphatic rings. The molecule has 7 atom stereocenters. The molecule has 3 aliphatic carbocycles. The van der Waals surface area contributed by atoms with Crippen molar-refractivity contribution in [2.45, 2.75) is 65.4 Å². The molecule has 6 nitrogen and oxygen atoms in total. The molecular formula is C24H39NO5. The van der Waals surface area contributed by atoms with E-state index in [0.29, 0.717) is 25.5 Å². The number of allylic oxidation sites excluding steroid dienone is 1. The molecule has 6 heteroatoms. The highest BCUT2D eigenvalue weighted by Gasteiger charge is 2.62. The molecular weight excluding hydrogens is 382 g/mol. The lowest BCUT2D eigenvalue weighted by Gasteiger charge is -2.62. The lowest BCUT2D eigenvalue weighted by molar-refractivity contribution is -0.189. The lowest BCUT2D eigenvalue weighted by atomic mass is 9.42. The van der Waals surface area contributed by atoms with Gasteiger partial charge in [-0.25, -0.2) is 4.79 Å². The summed E-state index contributed by atoms with van der Waals surface area (Å²) in [7, 11) is 3.29. The Morgan fingerprint density at radius 3 is 2.70 bits per heavy atom. The molecule has 2 N–H and O–H groups in total. The van der Waals surface area contributed by atoms with Crippen LogP contribution in [0.4, 0.5) is 0 Å². The number of carbonyl (C=O) groups is 2. The predicted octanol–water partition coefficient (Wildman–Crippen LogP) is 3.09. The lowest BCUT2D eigenvalue weighted by Crippen LogP contribution is -2.60. The summed E-state index contributed by atoms with van der Waals surface area (Å²) in [6.45, 7) is 7.49. The molecule has 0 spiro atoms. The van der Waals surface area contributed by atoms with Gasteiger partial charge >= 0.3 is 11.9 Å². The van der Waals surface area contributed by atoms with Crippen molar-refractivity contribution >= 4 is 11.9 Å². The minimum Gasteiger partial charge on any atom is -0.469 e. The number of aliphatic hydroxyl groups excluding tert-OH is 1. The Labute approximate surface area is 180 Å². The van der Waals surface area contributed by atoms with Gasteiger partial charge in [-0.3, -0.25) is 4.79 Å². The van der Waals surface area contributed by atoms with Crippen LogP contribution >= 0.6 is 0 Å². The van der Waals surface area contributed by atoms with E-state index in [4.69, 9.17) is 9.47 Å². The number of esters is 2. The zero-order valence-electron chi connectivity index (χ0n) is 19.2. The summed E-state index contributed by atoms with van der Waals surface area (Å²) in [5, 5.41) is 14.2. The van der Waals surface area contributed by atoms with E-state index in [1.165, 1.54) is 7.11 Å². The second-order valence-electron chi connectivity index (χ2n) is 10.1. The number of hydrogen-bond donors (Lipinski definition) is 2. The van der Waals surface area contributed by atoms with Gasteiger partial charge in [0, 0.05) is 12.6 Å². The monoisotopic (exact) mass is 421 g/mol. The van der Waals surface area contributed by atoms with Crippen LogP contribution in [0.15, 0.2) is 11.6 Å². The van der Waals surface area contributed by atoms with E-state index < -0.39 is 11.5 Å². The number of nitrogens with one attached hydrogen (secondary N) is 1. The zero-order chi connectivity index (χ0) is 22.1. The molecule has 0 aliphatic heterocycles. The topological polar surface area (TPSA) is 84.9 Å². The van der Waals surface area contributed by atoms with Gasteiger partial charge in [-0.2, -0.15) is 0 Å². The van der Waals surface area contributed by atoms with Gasteiger partial charge in [0.15, 0.2) is 0 Å². The fraction of sp³-hybridized carbons (Fsp3) is 0.833. The molecule has 170 valence electrons. The number of rotatable bonds is 5. The summed E-state index contributed by atoms with van der Waals surface area (Å²) in [5.74, 6) is 0.249. The maximum atomic E-state index is 12.7. The first-order chi connectivity index (χ1) is 14.2. The summed E-state index contributed by atoms with van der Waals surface area (Å²) in [6.07, 6.45) is 6.48. The first-order valence-electron chi connectivity index (χ1n) is 11.5. The van der Waals surface area contributed by atoms with Gasteiger partial charge < -0.3 is 19.9 Å². The third kappa shape index (κ3) is 3.93. The standard InChI is InChI=1S/C24H39NO5/c1-15-16(13-20(27)30-12-11-25-4)7-8-17-21(15)18(26)14-19-23(17,2)9-6-10-24(19,3)22(28)29-5/h13,15,17-19,21,25-26H,6-12,14H2,1-5H3/b16-13+/t15?,17?,18?,19?,21?,23-,24+/m1/s1. The highest BCUT2D eigenvalue weighted by atomic mass is 16.5. The van der Waals surface area contributed by atoms with Crippen molar-refractivity contribution in [2.24, 2.45) is 34.5 Å². The zero-order valence-corrected chi connectivity index (χ0v) is 19.2. The van der Waals surface area contributed by atoms with E-state index in [1.807, 2.05) is 14.0 Å². The van der Waals surface area contributed by atoms with Crippen molar-refractivity contribution in [3.05, 3.63) is 11.6 Å². The van der Waals surface area contributed by atoms with E-state index in [0.717, 1.165) is 37.7 Å². The molecule has 5 unspecified atom stereocenters. The number of methoxy groups -OCH3 is 1. The van der Waals surface area contributed by atoms with E-state index in [1.54, 1.807) is 6.08 Å². The Kier molecular flexibility index (Phi) is 6.97. The molecule has 0 saturated heterocycles. The number of hydrogen-bond acceptors (Lipinski definition) is 6. The van der Waals surface area contributed by atoms with Gasteiger partial charge in [0.25, 0.3) is 0 Å². The Bertz CT molecular complexity index is 691. The van der Waals surface area contributed by atoms with Crippen molar-refractivity contribution in [3.8, 4) is 0 Å². The average molecular weight is 422 g/mol. The summed E-state index contributed by atoms with van der Waals surface area (Å²) in [5.41, 5.74) is 0.542. The first kappa shape index (κ1) is 23.3. The van der Waals surface area contributed by atoms with Crippen LogP contribution in [0.1, 0.15) is 59.3 Å². The van der Waals surface area contributed by atoms with Gasteiger partial charge in [-0.15, -0.1) is 0 Å². The minimum absolute atomic E-state index is 0.00180. The Morgan fingerprint density at radius 2 is 2.03 bits per heavy atom. The Balaban J connectivity index is 1.83. The van der Waals surface area contributed by atoms with Gasteiger partial charge in [0.1, 0.15) is 6.61 Å². The van der Waals surface area contributed by atoms with Crippen LogP contribution in [-0.4, -0.2) is 50.5 Å². The number of carbonyl (C=O) groups excluding carboxylic acids is 2. The number of likely N-dealkylation sites (N-methyl/N-ethyl adjacent to an activating group) is 1. The summed E-state index contributed by atoms with van der Waals surface area (Å²) < 4.78 is 10.5. The molecule has 3 rings (SSSR count). The average Bonchev–Trinajstić information content (AvgIpc) is 2.71. The Morgan fingerprint density at radius 1 is 1.30 bits per heavy atom. The third-order valence-corrected chi connectivity index (χ3v) is 8.67. The summed E-state index contributed by atoms with van der Waals surface area (Å²) in [4.78, 5) is 24.9. The molecule has 30 heavy (non-hydrogen) atoms. The molecule has 0 bridgehead atoms. The number of ether oxygens (including phenoxy) is 2. The van der Waals surface area contributed by atoms with Crippen LogP contribution in [0, 0.1) is 34.5 Å². The minimum atomic E-state index is -0.538. The fourth-order valence-electron chi connectivity index (χ4n) is 7.12. The van der Waals surface area contributed by atoms with Gasteiger partial charge in [-0.1, -0.05) is 25.8 Å². The molecule has 0 heterocycles. The van der Waals surface area contributed by atoms with Crippen molar-refractivity contribution < 1.29 is 24.2 Å². The molecule has 0 aromatic carbocycles. The molecule has 3 fully saturated rings. The number of aliphatic hydroxyl groups is 1. The second-order valence-corrected chi connectivity index (χ2v) is 10.1. The van der Waals surface area contributed by atoms with Crippen LogP contribution in [0.2, 0.25) is 0 Å². The van der Waals surface area contributed by atoms with E-state index in [9.17, 15) is 14.7 Å². The molecule has 0 aromatic rings. The van der Waals surface area contributed by atoms with Crippen molar-refractivity contribution in [2.75, 3.05) is 27.3 Å². The molecule has 0 aromatic heterocycles. The maximum Gasteiger partial charge on any atom is 0.330 e. The van der Waals surface area contributed by atoms with Crippen LogP contribution < -0.4 is 5.32 Å². The highest BCUT2D eigenvalue weighted by Crippen LogP contribution is 2.65. The van der Waals surface area contributed by atoms with Crippen molar-refractivity contribution in [1.29, 1.82) is 0 Å². The van der Waals surface area contributed by atoms with Crippen molar-refractivity contribution in [1.82, 2.24) is 5.32 Å². The van der Waals surface area contributed by atoms with E-state index in [2.05, 4.69) is 19.2 Å². The van der Waals surface area contributed by atoms with Gasteiger partial charge in [0.2, 0.25) is 0 Å². The SMILES string of the molecule is CNCCOC(=O)/C=C1\CCC2C(C(O)CC3[C@]2(C)CCC[C@]3(C)C(=O)OC)C1C. The molecule has 0 amide bonds. The fourth-order valence-corrected chi connectivity index (χ4v) is 7.12. The quantitative estimate of drug-likeness (QED) is 0.403. The second kappa shape index (κ2) is 8.99. The predicted molar refractivity (Wildman–Crippen MR) is 115 cm³/mol. The van der Waals surface area contributed by atoms with Crippen molar-refractivity contribution in [3.63, 3.8) is 0 Å². The van der Waals surface area contributed by atoms with E-state index >= 15 is 0 Å². The number of fused-ring (bicyclic) bond motifs is 3. The largest absolute Gasteiger partial charge is 0.469 e.